The van der Waals surface area contributed by atoms with Crippen molar-refractivity contribution in [1.29, 1.82) is 0 Å². The maximum absolute atomic E-state index is 15.1. The highest BCUT2D eigenvalue weighted by Crippen LogP contribution is 2.33. The molecule has 3 nitrogen and oxygen atoms in total. The Morgan fingerprint density at radius 1 is 0.821 bits per heavy atom. The summed E-state index contributed by atoms with van der Waals surface area (Å²) in [5.41, 5.74) is 2.81. The molecule has 0 radical (unpaired) electrons. The first-order valence-electron chi connectivity index (χ1n) is 12.9. The van der Waals surface area contributed by atoms with E-state index < -0.39 is 23.6 Å². The Hall–Kier alpha value is -4.03. The van der Waals surface area contributed by atoms with Gasteiger partial charge in [0.1, 0.15) is 12.4 Å². The first-order valence-corrected chi connectivity index (χ1v) is 12.9. The lowest BCUT2D eigenvalue weighted by Gasteiger charge is -2.13. The lowest BCUT2D eigenvalue weighted by molar-refractivity contribution is 0.166. The van der Waals surface area contributed by atoms with Gasteiger partial charge in [-0.25, -0.2) is 13.2 Å². The normalized spacial score (nSPS) is 11.7. The molecule has 0 fully saturated rings. The highest BCUT2D eigenvalue weighted by Gasteiger charge is 2.17. The minimum atomic E-state index is -0.941. The number of aliphatic hydroxyl groups is 1. The largest absolute Gasteiger partial charge is 0.493 e. The lowest BCUT2D eigenvalue weighted by Crippen LogP contribution is -2.00. The molecule has 0 aromatic heterocycles. The highest BCUT2D eigenvalue weighted by atomic mass is 19.2. The zero-order valence-electron chi connectivity index (χ0n) is 21.8. The molecule has 0 aliphatic carbocycles. The number of hydrogen-bond donors (Lipinski definition) is 1. The Bertz CT molecular complexity index is 1400. The smallest absolute Gasteiger partial charge is 0.168 e. The Morgan fingerprint density at radius 3 is 2.00 bits per heavy atom. The predicted octanol–water partition coefficient (Wildman–Crippen LogP) is 8.81. The molecule has 0 aliphatic heterocycles. The van der Waals surface area contributed by atoms with E-state index in [1.807, 2.05) is 6.92 Å². The number of halogens is 3. The molecule has 6 heteroatoms. The van der Waals surface area contributed by atoms with Crippen molar-refractivity contribution >= 4 is 0 Å². The number of rotatable bonds is 12. The molecule has 4 rings (SSSR count). The maximum Gasteiger partial charge on any atom is 0.168 e. The van der Waals surface area contributed by atoms with Crippen LogP contribution in [-0.4, -0.2) is 11.7 Å². The van der Waals surface area contributed by atoms with Crippen LogP contribution in [0.1, 0.15) is 43.4 Å². The van der Waals surface area contributed by atoms with Gasteiger partial charge in [0.15, 0.2) is 23.2 Å². The molecule has 0 heterocycles. The van der Waals surface area contributed by atoms with Gasteiger partial charge >= 0.3 is 0 Å². The molecule has 0 saturated carbocycles. The zero-order valence-corrected chi connectivity index (χ0v) is 21.8. The standard InChI is InChI=1S/C33H31F3O3/c1-3-5-19-38-26-15-18-31(29(34)20-26)39-21-22-7-9-23(10-8-22)27-16-17-28(33(36)32(27)35)24-11-13-25(14-12-24)30(37)6-4-2/h3,7-18,20,30,37H,1,4-6,19,21H2,2H3. The van der Waals surface area contributed by atoms with Crippen LogP contribution in [0.2, 0.25) is 0 Å². The van der Waals surface area contributed by atoms with E-state index >= 15 is 8.78 Å². The molecular weight excluding hydrogens is 501 g/mol. The van der Waals surface area contributed by atoms with E-state index in [9.17, 15) is 9.50 Å². The minimum Gasteiger partial charge on any atom is -0.493 e. The van der Waals surface area contributed by atoms with Crippen LogP contribution in [0.25, 0.3) is 22.3 Å². The molecule has 1 atom stereocenters. The summed E-state index contributed by atoms with van der Waals surface area (Å²) in [6, 6.07) is 21.2. The topological polar surface area (TPSA) is 38.7 Å². The fourth-order valence-corrected chi connectivity index (χ4v) is 4.21. The van der Waals surface area contributed by atoms with Crippen molar-refractivity contribution in [3.8, 4) is 33.8 Å². The molecular formula is C33H31F3O3. The van der Waals surface area contributed by atoms with Crippen LogP contribution in [0.3, 0.4) is 0 Å². The molecule has 4 aromatic carbocycles. The summed E-state index contributed by atoms with van der Waals surface area (Å²) >= 11 is 0. The summed E-state index contributed by atoms with van der Waals surface area (Å²) in [6.07, 6.45) is 3.29. The first-order chi connectivity index (χ1) is 18.9. The number of benzene rings is 4. The average Bonchev–Trinajstić information content (AvgIpc) is 2.95. The van der Waals surface area contributed by atoms with Crippen molar-refractivity contribution in [3.05, 3.63) is 120 Å². The van der Waals surface area contributed by atoms with Crippen LogP contribution < -0.4 is 9.47 Å². The first kappa shape index (κ1) is 28.0. The Morgan fingerprint density at radius 2 is 1.44 bits per heavy atom. The molecule has 202 valence electrons. The van der Waals surface area contributed by atoms with E-state index in [0.29, 0.717) is 36.3 Å². The number of aliphatic hydroxyl groups excluding tert-OH is 1. The fraction of sp³-hybridized carbons (Fsp3) is 0.212. The molecule has 0 spiro atoms. The molecule has 0 amide bonds. The van der Waals surface area contributed by atoms with Crippen LogP contribution in [0.15, 0.2) is 91.5 Å². The highest BCUT2D eigenvalue weighted by molar-refractivity contribution is 5.72. The average molecular weight is 533 g/mol. The molecule has 4 aromatic rings. The van der Waals surface area contributed by atoms with Gasteiger partial charge in [0.2, 0.25) is 0 Å². The second-order valence-corrected chi connectivity index (χ2v) is 9.22. The van der Waals surface area contributed by atoms with Crippen LogP contribution >= 0.6 is 0 Å². The van der Waals surface area contributed by atoms with E-state index in [1.165, 1.54) is 12.1 Å². The summed E-state index contributed by atoms with van der Waals surface area (Å²) in [5.74, 6) is -1.91. The van der Waals surface area contributed by atoms with Crippen LogP contribution in [-0.2, 0) is 6.61 Å². The van der Waals surface area contributed by atoms with E-state index in [-0.39, 0.29) is 23.5 Å². The van der Waals surface area contributed by atoms with Gasteiger partial charge in [-0.15, -0.1) is 6.58 Å². The van der Waals surface area contributed by atoms with Gasteiger partial charge in [0, 0.05) is 17.2 Å². The fourth-order valence-electron chi connectivity index (χ4n) is 4.21. The molecule has 0 aliphatic rings. The molecule has 0 saturated heterocycles. The Balaban J connectivity index is 1.43. The third-order valence-electron chi connectivity index (χ3n) is 6.40. The van der Waals surface area contributed by atoms with Crippen LogP contribution in [0.5, 0.6) is 11.5 Å². The maximum atomic E-state index is 15.1. The van der Waals surface area contributed by atoms with Gasteiger partial charge < -0.3 is 14.6 Å². The van der Waals surface area contributed by atoms with E-state index in [1.54, 1.807) is 72.8 Å². The minimum absolute atomic E-state index is 0.0896. The van der Waals surface area contributed by atoms with Crippen LogP contribution in [0.4, 0.5) is 13.2 Å². The predicted molar refractivity (Wildman–Crippen MR) is 148 cm³/mol. The van der Waals surface area contributed by atoms with Crippen LogP contribution in [0, 0.1) is 17.5 Å². The van der Waals surface area contributed by atoms with Gasteiger partial charge in [-0.2, -0.15) is 0 Å². The van der Waals surface area contributed by atoms with E-state index in [2.05, 4.69) is 6.58 Å². The molecule has 1 N–H and O–H groups in total. The van der Waals surface area contributed by atoms with Crippen molar-refractivity contribution < 1.29 is 27.8 Å². The number of hydrogen-bond acceptors (Lipinski definition) is 3. The van der Waals surface area contributed by atoms with Gasteiger partial charge in [-0.3, -0.25) is 0 Å². The van der Waals surface area contributed by atoms with Gasteiger partial charge in [-0.1, -0.05) is 80.1 Å². The third-order valence-corrected chi connectivity index (χ3v) is 6.40. The second kappa shape index (κ2) is 13.2. The van der Waals surface area contributed by atoms with Crippen molar-refractivity contribution in [3.63, 3.8) is 0 Å². The van der Waals surface area contributed by atoms with E-state index in [4.69, 9.17) is 9.47 Å². The monoisotopic (exact) mass is 532 g/mol. The van der Waals surface area contributed by atoms with E-state index in [0.717, 1.165) is 17.5 Å². The zero-order chi connectivity index (χ0) is 27.8. The lowest BCUT2D eigenvalue weighted by atomic mass is 9.96. The number of ether oxygens (including phenoxy) is 2. The van der Waals surface area contributed by atoms with Gasteiger partial charge in [0.25, 0.3) is 0 Å². The molecule has 39 heavy (non-hydrogen) atoms. The van der Waals surface area contributed by atoms with Crippen molar-refractivity contribution in [1.82, 2.24) is 0 Å². The summed E-state index contributed by atoms with van der Waals surface area (Å²) in [7, 11) is 0. The van der Waals surface area contributed by atoms with Gasteiger partial charge in [0.05, 0.1) is 12.7 Å². The molecule has 0 bridgehead atoms. The summed E-state index contributed by atoms with van der Waals surface area (Å²) in [6.45, 7) is 6.13. The third kappa shape index (κ3) is 6.89. The van der Waals surface area contributed by atoms with Gasteiger partial charge in [-0.05, 0) is 47.2 Å². The Labute approximate surface area is 227 Å². The summed E-state index contributed by atoms with van der Waals surface area (Å²) in [5, 5.41) is 10.1. The summed E-state index contributed by atoms with van der Waals surface area (Å²) < 4.78 is 55.5. The molecule has 1 unspecified atom stereocenters. The van der Waals surface area contributed by atoms with Crippen molar-refractivity contribution in [2.75, 3.05) is 6.61 Å². The van der Waals surface area contributed by atoms with Crippen molar-refractivity contribution in [2.45, 2.75) is 38.9 Å². The quantitative estimate of drug-likeness (QED) is 0.146. The summed E-state index contributed by atoms with van der Waals surface area (Å²) in [4.78, 5) is 0. The SMILES string of the molecule is C=CCCOc1ccc(OCc2ccc(-c3ccc(-c4ccc(C(O)CCC)cc4)c(F)c3F)cc2)c(F)c1. The second-order valence-electron chi connectivity index (χ2n) is 9.22. The van der Waals surface area contributed by atoms with Crippen molar-refractivity contribution in [2.24, 2.45) is 0 Å². The Kier molecular flexibility index (Phi) is 9.45.